The Hall–Kier alpha value is -8.59. The van der Waals surface area contributed by atoms with Crippen LogP contribution in [-0.4, -0.2) is 13.4 Å². The Morgan fingerprint density at radius 2 is 0.662 bits per heavy atom. The van der Waals surface area contributed by atoms with E-state index in [2.05, 4.69) is 234 Å². The Morgan fingerprint density at radius 3 is 1.08 bits per heavy atom. The predicted octanol–water partition coefficient (Wildman–Crippen LogP) is 14.7. The van der Waals surface area contributed by atoms with E-state index in [1.807, 2.05) is 0 Å². The van der Waals surface area contributed by atoms with Crippen molar-refractivity contribution in [2.75, 3.05) is 0 Å². The lowest BCUT2D eigenvalue weighted by Gasteiger charge is -2.38. The van der Waals surface area contributed by atoms with E-state index in [-0.39, 0.29) is 13.4 Å². The molecule has 12 aromatic rings. The van der Waals surface area contributed by atoms with Crippen LogP contribution < -0.4 is 42.3 Å². The molecule has 74 heavy (non-hydrogen) atoms. The number of hydrogen-bond donors (Lipinski definition) is 0. The van der Waals surface area contributed by atoms with Crippen LogP contribution in [0.4, 0.5) is 0 Å². The highest BCUT2D eigenvalue weighted by Gasteiger charge is 2.44. The molecular weight excluding hydrogens is 894 g/mol. The number of hydrogen-bond acceptors (Lipinski definition) is 2. The summed E-state index contributed by atoms with van der Waals surface area (Å²) in [5.41, 5.74) is 25.0. The normalized spacial score (nSPS) is 13.3. The van der Waals surface area contributed by atoms with Crippen LogP contribution in [0.15, 0.2) is 206 Å². The Kier molecular flexibility index (Phi) is 8.77. The van der Waals surface area contributed by atoms with Crippen molar-refractivity contribution in [1.29, 1.82) is 0 Å². The van der Waals surface area contributed by atoms with Crippen LogP contribution in [0, 0.1) is 0 Å². The molecule has 0 fully saturated rings. The zero-order valence-corrected chi connectivity index (χ0v) is 41.8. The van der Waals surface area contributed by atoms with Gasteiger partial charge in [0.25, 0.3) is 13.4 Å². The summed E-state index contributed by atoms with van der Waals surface area (Å²) >= 11 is 0. The van der Waals surface area contributed by atoms with Crippen molar-refractivity contribution in [3.63, 3.8) is 0 Å². The van der Waals surface area contributed by atoms with Crippen LogP contribution in [-0.2, 0) is 0 Å². The van der Waals surface area contributed by atoms with Crippen molar-refractivity contribution in [3.8, 4) is 89.8 Å². The Bertz CT molecular complexity index is 4100. The maximum atomic E-state index is 7.08. The van der Waals surface area contributed by atoms with Crippen molar-refractivity contribution in [3.05, 3.63) is 217 Å². The van der Waals surface area contributed by atoms with Gasteiger partial charge < -0.3 is 9.47 Å². The lowest BCUT2D eigenvalue weighted by Crippen LogP contribution is -2.58. The number of ether oxygens (including phenoxy) is 2. The van der Waals surface area contributed by atoms with Gasteiger partial charge in [0.2, 0.25) is 0 Å². The van der Waals surface area contributed by atoms with E-state index in [4.69, 9.17) is 9.47 Å². The summed E-state index contributed by atoms with van der Waals surface area (Å²) in [7, 11) is 0. The zero-order chi connectivity index (χ0) is 49.1. The first-order chi connectivity index (χ1) is 36.4. The molecule has 4 aliphatic rings. The van der Waals surface area contributed by atoms with Crippen molar-refractivity contribution in [2.24, 2.45) is 0 Å². The van der Waals surface area contributed by atoms with Gasteiger partial charge in [-0.1, -0.05) is 208 Å². The largest absolute Gasteiger partial charge is 0.458 e. The fraction of sp³-hybridized carbons (Fsp3) is 0.0857. The molecule has 0 aliphatic carbocycles. The molecule has 0 saturated heterocycles. The van der Waals surface area contributed by atoms with E-state index in [1.54, 1.807) is 0 Å². The van der Waals surface area contributed by atoms with E-state index in [0.717, 1.165) is 23.0 Å². The van der Waals surface area contributed by atoms with Crippen LogP contribution >= 0.6 is 0 Å². The summed E-state index contributed by atoms with van der Waals surface area (Å²) in [6.45, 7) is 9.14. The topological polar surface area (TPSA) is 18.5 Å². The summed E-state index contributed by atoms with van der Waals surface area (Å²) in [6.07, 6.45) is 0. The lowest BCUT2D eigenvalue weighted by atomic mass is 9.31. The molecule has 0 saturated carbocycles. The van der Waals surface area contributed by atoms with Gasteiger partial charge in [-0.25, -0.2) is 0 Å². The molecule has 4 heterocycles. The standard InChI is InChI=1S/C70H48B2O2/c1-39(2)43-31-55-51-35-49(47-25-13-11-23-45(47)41-19-7-5-8-20-41)53-38-60-66-52(56-32-44(40(3)4)34-64-70(56)72(60)58-28-16-18-30-62(58)74-64)36-50(48-26-14-12-24-46(48)42-21-9-6-10-22-42)54-37-59(65(51)67(53)68(54)66)71-57-27-15-17-29-61(57)73-63(33-43)69(55)71/h5-40H,1-4H3. The Morgan fingerprint density at radius 1 is 0.284 bits per heavy atom. The number of rotatable bonds is 6. The molecule has 4 heteroatoms. The molecule has 0 N–H and O–H groups in total. The third-order valence-corrected chi connectivity index (χ3v) is 17.1. The molecule has 0 radical (unpaired) electrons. The van der Waals surface area contributed by atoms with Crippen LogP contribution in [0.2, 0.25) is 0 Å². The van der Waals surface area contributed by atoms with Crippen LogP contribution in [0.1, 0.15) is 50.7 Å². The average molecular weight is 943 g/mol. The second kappa shape index (κ2) is 15.5. The lowest BCUT2D eigenvalue weighted by molar-refractivity contribution is 0.486. The molecule has 12 aromatic carbocycles. The molecule has 0 amide bonds. The smallest absolute Gasteiger partial charge is 0.252 e. The van der Waals surface area contributed by atoms with E-state index in [1.165, 1.54) is 143 Å². The molecule has 16 rings (SSSR count). The average Bonchev–Trinajstić information content (AvgIpc) is 3.61. The van der Waals surface area contributed by atoms with Gasteiger partial charge in [0.05, 0.1) is 0 Å². The van der Waals surface area contributed by atoms with Crippen molar-refractivity contribution in [1.82, 2.24) is 0 Å². The Labute approximate surface area is 432 Å². The molecule has 0 unspecified atom stereocenters. The summed E-state index contributed by atoms with van der Waals surface area (Å²) in [5.74, 6) is 4.39. The number of para-hydroxylation sites is 2. The number of benzene rings is 12. The first-order valence-corrected chi connectivity index (χ1v) is 26.4. The fourth-order valence-electron chi connectivity index (χ4n) is 13.8. The second-order valence-corrected chi connectivity index (χ2v) is 21.7. The number of fused-ring (bicyclic) bond motifs is 8. The predicted molar refractivity (Wildman–Crippen MR) is 313 cm³/mol. The Balaban J connectivity index is 1.17. The van der Waals surface area contributed by atoms with Crippen LogP contribution in [0.3, 0.4) is 0 Å². The molecule has 0 spiro atoms. The van der Waals surface area contributed by atoms with Gasteiger partial charge in [0, 0.05) is 0 Å². The molecule has 0 bridgehead atoms. The first-order valence-electron chi connectivity index (χ1n) is 26.4. The molecular formula is C70H48B2O2. The van der Waals surface area contributed by atoms with E-state index in [0.29, 0.717) is 11.8 Å². The van der Waals surface area contributed by atoms with Gasteiger partial charge in [0.15, 0.2) is 0 Å². The van der Waals surface area contributed by atoms with E-state index < -0.39 is 0 Å². The van der Waals surface area contributed by atoms with Gasteiger partial charge in [-0.3, -0.25) is 0 Å². The van der Waals surface area contributed by atoms with E-state index >= 15 is 0 Å². The molecule has 2 nitrogen and oxygen atoms in total. The van der Waals surface area contributed by atoms with Gasteiger partial charge >= 0.3 is 0 Å². The third-order valence-electron chi connectivity index (χ3n) is 17.1. The van der Waals surface area contributed by atoms with Crippen molar-refractivity contribution in [2.45, 2.75) is 39.5 Å². The molecule has 346 valence electrons. The minimum absolute atomic E-state index is 0.0451. The van der Waals surface area contributed by atoms with Crippen LogP contribution in [0.25, 0.3) is 99.1 Å². The minimum atomic E-state index is -0.0451. The summed E-state index contributed by atoms with van der Waals surface area (Å²) in [6, 6.07) is 77.7. The van der Waals surface area contributed by atoms with Crippen LogP contribution in [0.5, 0.6) is 23.0 Å². The van der Waals surface area contributed by atoms with Gasteiger partial charge in [-0.15, -0.1) is 0 Å². The maximum absolute atomic E-state index is 7.08. The SMILES string of the molecule is CC(C)c1cc2c3c(c1)-c1cc(-c4ccccc4-c4ccccc4)c4cc5c6c(cc(-c7ccccc7-c7ccccc7)c7cc(c1c4c76)B3c1ccccc1O2)-c1cc(C(C)C)cc2c1B5c1ccccc1O2. The highest BCUT2D eigenvalue weighted by atomic mass is 16.5. The van der Waals surface area contributed by atoms with Gasteiger partial charge in [0.1, 0.15) is 23.0 Å². The van der Waals surface area contributed by atoms with Crippen molar-refractivity contribution < 1.29 is 9.47 Å². The fourth-order valence-corrected chi connectivity index (χ4v) is 13.8. The highest BCUT2D eigenvalue weighted by Crippen LogP contribution is 2.53. The summed E-state index contributed by atoms with van der Waals surface area (Å²) in [4.78, 5) is 0. The monoisotopic (exact) mass is 942 g/mol. The quantitative estimate of drug-likeness (QED) is 0.122. The zero-order valence-electron chi connectivity index (χ0n) is 41.8. The molecule has 0 aromatic heterocycles. The molecule has 4 aliphatic heterocycles. The summed E-state index contributed by atoms with van der Waals surface area (Å²) in [5, 5.41) is 7.91. The maximum Gasteiger partial charge on any atom is 0.252 e. The third kappa shape index (κ3) is 5.74. The van der Waals surface area contributed by atoms with Gasteiger partial charge in [-0.2, -0.15) is 0 Å². The van der Waals surface area contributed by atoms with Crippen molar-refractivity contribution >= 4 is 78.5 Å². The van der Waals surface area contributed by atoms with Gasteiger partial charge in [-0.05, 0) is 180 Å². The first kappa shape index (κ1) is 42.0. The minimum Gasteiger partial charge on any atom is -0.458 e. The molecule has 0 atom stereocenters. The summed E-state index contributed by atoms with van der Waals surface area (Å²) < 4.78 is 14.2. The van der Waals surface area contributed by atoms with E-state index in [9.17, 15) is 0 Å². The highest BCUT2D eigenvalue weighted by molar-refractivity contribution is 7.01. The second-order valence-electron chi connectivity index (χ2n) is 21.7.